The third kappa shape index (κ3) is 3.95. The summed E-state index contributed by atoms with van der Waals surface area (Å²) in [5, 5.41) is 0.653. The molecule has 25 heavy (non-hydrogen) atoms. The second kappa shape index (κ2) is 6.48. The van der Waals surface area contributed by atoms with Crippen LogP contribution in [0.4, 0.5) is 0 Å². The molecule has 0 aromatic heterocycles. The summed E-state index contributed by atoms with van der Waals surface area (Å²) < 4.78 is 5.20. The van der Waals surface area contributed by atoms with Gasteiger partial charge in [-0.15, -0.1) is 0 Å². The van der Waals surface area contributed by atoms with Gasteiger partial charge in [-0.1, -0.05) is 44.0 Å². The maximum Gasteiger partial charge on any atom is 0.338 e. The molecule has 2 bridgehead atoms. The Balaban J connectivity index is 1.61. The Labute approximate surface area is 158 Å². The molecule has 1 aromatic carbocycles. The van der Waals surface area contributed by atoms with Crippen LogP contribution in [0.5, 0.6) is 0 Å². The van der Waals surface area contributed by atoms with E-state index in [1.807, 2.05) is 4.90 Å². The lowest BCUT2D eigenvalue weighted by Gasteiger charge is -2.39. The molecule has 1 saturated heterocycles. The van der Waals surface area contributed by atoms with Gasteiger partial charge in [-0.3, -0.25) is 4.79 Å². The van der Waals surface area contributed by atoms with Crippen LogP contribution in [0.25, 0.3) is 0 Å². The topological polar surface area (TPSA) is 46.6 Å². The molecule has 1 aliphatic carbocycles. The number of hydrogen-bond acceptors (Lipinski definition) is 3. The number of nitrogens with zero attached hydrogens (tertiary/aromatic N) is 1. The van der Waals surface area contributed by atoms with E-state index in [4.69, 9.17) is 27.9 Å². The van der Waals surface area contributed by atoms with Crippen molar-refractivity contribution in [1.82, 2.24) is 4.90 Å². The van der Waals surface area contributed by atoms with Gasteiger partial charge in [0.1, 0.15) is 0 Å². The van der Waals surface area contributed by atoms with Crippen molar-refractivity contribution >= 4 is 35.1 Å². The van der Waals surface area contributed by atoms with Crippen molar-refractivity contribution in [2.75, 3.05) is 13.2 Å². The van der Waals surface area contributed by atoms with E-state index in [9.17, 15) is 9.59 Å². The van der Waals surface area contributed by atoms with Gasteiger partial charge in [-0.25, -0.2) is 4.79 Å². The van der Waals surface area contributed by atoms with E-state index in [2.05, 4.69) is 20.8 Å². The number of amides is 1. The number of fused-ring (bicyclic) bond motifs is 2. The normalized spacial score (nSPS) is 27.2. The molecule has 0 radical (unpaired) electrons. The van der Waals surface area contributed by atoms with Crippen LogP contribution >= 0.6 is 23.2 Å². The van der Waals surface area contributed by atoms with Crippen LogP contribution in [-0.2, 0) is 9.53 Å². The standard InChI is InChI=1S/C19H23Cl2NO3/c1-18(2)7-13-8-19(3,10-18)11-22(13)16(23)9-25-17(24)12-4-5-14(20)15(21)6-12/h4-6,13H,7-11H2,1-3H3/t13-,19-/m0/s1. The van der Waals surface area contributed by atoms with Crippen molar-refractivity contribution in [2.24, 2.45) is 10.8 Å². The largest absolute Gasteiger partial charge is 0.452 e. The van der Waals surface area contributed by atoms with Gasteiger partial charge in [-0.05, 0) is 48.3 Å². The number of rotatable bonds is 3. The fourth-order valence-corrected chi connectivity index (χ4v) is 4.97. The van der Waals surface area contributed by atoms with Gasteiger partial charge >= 0.3 is 5.97 Å². The van der Waals surface area contributed by atoms with Crippen molar-refractivity contribution in [3.8, 4) is 0 Å². The zero-order valence-electron chi connectivity index (χ0n) is 14.8. The van der Waals surface area contributed by atoms with E-state index in [0.717, 1.165) is 25.8 Å². The predicted octanol–water partition coefficient (Wildman–Crippen LogP) is 4.58. The number of carbonyl (C=O) groups is 2. The Morgan fingerprint density at radius 1 is 1.20 bits per heavy atom. The van der Waals surface area contributed by atoms with Gasteiger partial charge < -0.3 is 9.64 Å². The van der Waals surface area contributed by atoms with Crippen LogP contribution < -0.4 is 0 Å². The van der Waals surface area contributed by atoms with Crippen LogP contribution in [0.2, 0.25) is 10.0 Å². The quantitative estimate of drug-likeness (QED) is 0.717. The van der Waals surface area contributed by atoms with E-state index in [0.29, 0.717) is 5.02 Å². The lowest BCUT2D eigenvalue weighted by molar-refractivity contribution is -0.135. The van der Waals surface area contributed by atoms with Gasteiger partial charge in [0.25, 0.3) is 5.91 Å². The van der Waals surface area contributed by atoms with Crippen LogP contribution in [-0.4, -0.2) is 36.0 Å². The minimum absolute atomic E-state index is 0.125. The first-order valence-corrected chi connectivity index (χ1v) is 9.26. The van der Waals surface area contributed by atoms with Gasteiger partial charge in [-0.2, -0.15) is 0 Å². The summed E-state index contributed by atoms with van der Waals surface area (Å²) in [6.45, 7) is 7.26. The van der Waals surface area contributed by atoms with Gasteiger partial charge in [0.15, 0.2) is 6.61 Å². The van der Waals surface area contributed by atoms with Gasteiger partial charge in [0.2, 0.25) is 0 Å². The highest BCUT2D eigenvalue weighted by Gasteiger charge is 2.50. The molecule has 0 spiro atoms. The fraction of sp³-hybridized carbons (Fsp3) is 0.579. The first-order valence-electron chi connectivity index (χ1n) is 8.50. The average molecular weight is 384 g/mol. The first-order chi connectivity index (χ1) is 11.6. The fourth-order valence-electron chi connectivity index (χ4n) is 4.67. The Bertz CT molecular complexity index is 719. The summed E-state index contributed by atoms with van der Waals surface area (Å²) in [7, 11) is 0. The molecule has 0 N–H and O–H groups in total. The summed E-state index contributed by atoms with van der Waals surface area (Å²) in [6, 6.07) is 4.76. The second-order valence-electron chi connectivity index (χ2n) is 8.44. The van der Waals surface area contributed by atoms with E-state index in [-0.39, 0.29) is 40.0 Å². The second-order valence-corrected chi connectivity index (χ2v) is 9.25. The van der Waals surface area contributed by atoms with E-state index in [1.54, 1.807) is 0 Å². The molecule has 2 aliphatic rings. The average Bonchev–Trinajstić information content (AvgIpc) is 2.76. The van der Waals surface area contributed by atoms with Crippen LogP contribution in [0.15, 0.2) is 18.2 Å². The van der Waals surface area contributed by atoms with E-state index >= 15 is 0 Å². The van der Waals surface area contributed by atoms with Crippen molar-refractivity contribution in [1.29, 1.82) is 0 Å². The molecule has 3 rings (SSSR count). The summed E-state index contributed by atoms with van der Waals surface area (Å²) in [4.78, 5) is 26.6. The number of halogens is 2. The number of carbonyl (C=O) groups excluding carboxylic acids is 2. The van der Waals surface area contributed by atoms with Gasteiger partial charge in [0, 0.05) is 12.6 Å². The van der Waals surface area contributed by atoms with Crippen molar-refractivity contribution in [3.05, 3.63) is 33.8 Å². The highest BCUT2D eigenvalue weighted by Crippen LogP contribution is 2.52. The van der Waals surface area contributed by atoms with Gasteiger partial charge in [0.05, 0.1) is 15.6 Å². The number of esters is 1. The molecular formula is C19H23Cl2NO3. The third-order valence-corrected chi connectivity index (χ3v) is 5.96. The van der Waals surface area contributed by atoms with Crippen LogP contribution in [0.1, 0.15) is 50.4 Å². The van der Waals surface area contributed by atoms with Crippen LogP contribution in [0.3, 0.4) is 0 Å². The maximum absolute atomic E-state index is 12.6. The highest BCUT2D eigenvalue weighted by molar-refractivity contribution is 6.42. The zero-order chi connectivity index (χ0) is 18.4. The number of hydrogen-bond donors (Lipinski definition) is 0. The maximum atomic E-state index is 12.6. The monoisotopic (exact) mass is 383 g/mol. The molecular weight excluding hydrogens is 361 g/mol. The Morgan fingerprint density at radius 3 is 2.60 bits per heavy atom. The number of ether oxygens (including phenoxy) is 1. The highest BCUT2D eigenvalue weighted by atomic mass is 35.5. The van der Waals surface area contributed by atoms with Crippen molar-refractivity contribution in [3.63, 3.8) is 0 Å². The van der Waals surface area contributed by atoms with E-state index in [1.165, 1.54) is 18.2 Å². The zero-order valence-corrected chi connectivity index (χ0v) is 16.3. The Morgan fingerprint density at radius 2 is 1.92 bits per heavy atom. The summed E-state index contributed by atoms with van der Waals surface area (Å²) in [5.41, 5.74) is 0.689. The molecule has 4 nitrogen and oxygen atoms in total. The molecule has 6 heteroatoms. The first kappa shape index (κ1) is 18.5. The number of likely N-dealkylation sites (tertiary alicyclic amines) is 1. The molecule has 0 unspecified atom stereocenters. The smallest absolute Gasteiger partial charge is 0.338 e. The summed E-state index contributed by atoms with van der Waals surface area (Å²) >= 11 is 11.8. The molecule has 2 atom stereocenters. The molecule has 136 valence electrons. The molecule has 1 saturated carbocycles. The predicted molar refractivity (Wildman–Crippen MR) is 98.0 cm³/mol. The molecule has 1 heterocycles. The van der Waals surface area contributed by atoms with Crippen LogP contribution in [0, 0.1) is 10.8 Å². The minimum atomic E-state index is -0.569. The lowest BCUT2D eigenvalue weighted by atomic mass is 9.65. The lowest BCUT2D eigenvalue weighted by Crippen LogP contribution is -2.39. The van der Waals surface area contributed by atoms with Crippen molar-refractivity contribution in [2.45, 2.75) is 46.1 Å². The summed E-state index contributed by atoms with van der Waals surface area (Å²) in [6.07, 6.45) is 3.14. The summed E-state index contributed by atoms with van der Waals surface area (Å²) in [5.74, 6) is -0.694. The molecule has 1 aromatic rings. The molecule has 1 aliphatic heterocycles. The molecule has 2 fully saturated rings. The minimum Gasteiger partial charge on any atom is -0.452 e. The van der Waals surface area contributed by atoms with Crippen molar-refractivity contribution < 1.29 is 14.3 Å². The molecule has 1 amide bonds. The Hall–Kier alpha value is -1.26. The van der Waals surface area contributed by atoms with E-state index < -0.39 is 5.97 Å². The Kier molecular flexibility index (Phi) is 4.80. The SMILES string of the molecule is CC1(C)C[C@H]2C[C@](C)(CN2C(=O)COC(=O)c2ccc(Cl)c(Cl)c2)C1. The number of benzene rings is 1. The third-order valence-electron chi connectivity index (χ3n) is 5.22.